The fourth-order valence-electron chi connectivity index (χ4n) is 5.16. The van der Waals surface area contributed by atoms with E-state index in [1.165, 1.54) is 25.5 Å². The molecule has 37 heavy (non-hydrogen) atoms. The summed E-state index contributed by atoms with van der Waals surface area (Å²) >= 11 is 0. The van der Waals surface area contributed by atoms with Crippen LogP contribution in [0.15, 0.2) is 64.6 Å². The van der Waals surface area contributed by atoms with Crippen LogP contribution in [0.4, 0.5) is 11.4 Å². The summed E-state index contributed by atoms with van der Waals surface area (Å²) in [4.78, 5) is 30.6. The molecule has 192 valence electrons. The van der Waals surface area contributed by atoms with E-state index >= 15 is 0 Å². The standard InChI is InChI=1S/C29H30N2O6/c1-18-10-15-23(37-18)26-25(27(32)24-21(35-2)8-7-9-22(24)36-3)28(33)29(34)31(26)20-13-11-19(12-14-20)30-16-5-4-6-17-30/h7-15,26,32H,4-6,16-17H2,1-3H3/b27-25+. The van der Waals surface area contributed by atoms with Crippen LogP contribution in [-0.2, 0) is 9.59 Å². The predicted molar refractivity (Wildman–Crippen MR) is 140 cm³/mol. The van der Waals surface area contributed by atoms with Crippen molar-refractivity contribution >= 4 is 28.8 Å². The zero-order chi connectivity index (χ0) is 26.1. The molecule has 8 heteroatoms. The molecule has 2 fully saturated rings. The van der Waals surface area contributed by atoms with E-state index in [0.29, 0.717) is 28.7 Å². The molecule has 1 aromatic heterocycles. The minimum absolute atomic E-state index is 0.0951. The Hall–Kier alpha value is -4.20. The Morgan fingerprint density at radius 2 is 1.51 bits per heavy atom. The van der Waals surface area contributed by atoms with E-state index in [1.807, 2.05) is 24.3 Å². The molecule has 2 aromatic carbocycles. The summed E-state index contributed by atoms with van der Waals surface area (Å²) in [6.45, 7) is 3.78. The van der Waals surface area contributed by atoms with Gasteiger partial charge in [0.15, 0.2) is 0 Å². The van der Waals surface area contributed by atoms with E-state index in [9.17, 15) is 14.7 Å². The average molecular weight is 503 g/mol. The highest BCUT2D eigenvalue weighted by atomic mass is 16.5. The van der Waals surface area contributed by atoms with Gasteiger partial charge in [-0.05, 0) is 74.7 Å². The molecule has 1 N–H and O–H groups in total. The van der Waals surface area contributed by atoms with Gasteiger partial charge in [0.25, 0.3) is 11.7 Å². The van der Waals surface area contributed by atoms with Gasteiger partial charge in [-0.15, -0.1) is 0 Å². The number of aliphatic hydroxyl groups is 1. The lowest BCUT2D eigenvalue weighted by atomic mass is 9.98. The van der Waals surface area contributed by atoms with Crippen molar-refractivity contribution in [3.8, 4) is 11.5 Å². The topological polar surface area (TPSA) is 92.4 Å². The van der Waals surface area contributed by atoms with Crippen LogP contribution in [0.3, 0.4) is 0 Å². The molecule has 1 atom stereocenters. The van der Waals surface area contributed by atoms with Crippen LogP contribution in [0.2, 0.25) is 0 Å². The van der Waals surface area contributed by atoms with Gasteiger partial charge in [0.2, 0.25) is 0 Å². The Morgan fingerprint density at radius 1 is 0.892 bits per heavy atom. The normalized spacial score (nSPS) is 19.4. The maximum atomic E-state index is 13.5. The van der Waals surface area contributed by atoms with Crippen LogP contribution >= 0.6 is 0 Å². The number of methoxy groups -OCH3 is 2. The second kappa shape index (κ2) is 10.0. The molecule has 3 heterocycles. The molecule has 2 aliphatic rings. The number of carbonyl (C=O) groups excluding carboxylic acids is 2. The highest BCUT2D eigenvalue weighted by Crippen LogP contribution is 2.45. The zero-order valence-electron chi connectivity index (χ0n) is 21.2. The van der Waals surface area contributed by atoms with Crippen molar-refractivity contribution < 1.29 is 28.6 Å². The van der Waals surface area contributed by atoms with E-state index in [-0.39, 0.29) is 16.9 Å². The van der Waals surface area contributed by atoms with Gasteiger partial charge in [-0.3, -0.25) is 14.5 Å². The molecule has 0 radical (unpaired) electrons. The number of ketones is 1. The highest BCUT2D eigenvalue weighted by molar-refractivity contribution is 6.51. The van der Waals surface area contributed by atoms with Crippen molar-refractivity contribution in [2.24, 2.45) is 0 Å². The number of anilines is 2. The Morgan fingerprint density at radius 3 is 2.08 bits per heavy atom. The number of hydrogen-bond donors (Lipinski definition) is 1. The molecular weight excluding hydrogens is 472 g/mol. The zero-order valence-corrected chi connectivity index (χ0v) is 21.2. The first-order valence-electron chi connectivity index (χ1n) is 12.4. The maximum absolute atomic E-state index is 13.5. The third kappa shape index (κ3) is 4.33. The van der Waals surface area contributed by atoms with Crippen molar-refractivity contribution in [3.05, 3.63) is 77.3 Å². The third-order valence-corrected chi connectivity index (χ3v) is 6.99. The number of benzene rings is 2. The number of rotatable bonds is 6. The molecule has 2 aliphatic heterocycles. The molecule has 5 rings (SSSR count). The van der Waals surface area contributed by atoms with Crippen LogP contribution in [0.1, 0.15) is 42.4 Å². The van der Waals surface area contributed by atoms with Gasteiger partial charge in [-0.2, -0.15) is 0 Å². The number of Topliss-reactive ketones (excluding diaryl/α,β-unsaturated/α-hetero) is 1. The Balaban J connectivity index is 1.64. The summed E-state index contributed by atoms with van der Waals surface area (Å²) in [5.74, 6) is -0.348. The van der Waals surface area contributed by atoms with E-state index in [2.05, 4.69) is 4.90 Å². The molecule has 3 aromatic rings. The molecule has 0 spiro atoms. The summed E-state index contributed by atoms with van der Waals surface area (Å²) in [6, 6.07) is 15.1. The van der Waals surface area contributed by atoms with Crippen molar-refractivity contribution in [1.29, 1.82) is 0 Å². The van der Waals surface area contributed by atoms with E-state index in [1.54, 1.807) is 37.3 Å². The monoisotopic (exact) mass is 502 g/mol. The lowest BCUT2D eigenvalue weighted by Crippen LogP contribution is -2.30. The van der Waals surface area contributed by atoms with Crippen LogP contribution in [-0.4, -0.2) is 44.1 Å². The van der Waals surface area contributed by atoms with Gasteiger partial charge in [0.1, 0.15) is 40.4 Å². The number of carbonyl (C=O) groups is 2. The second-order valence-corrected chi connectivity index (χ2v) is 9.22. The fraction of sp³-hybridized carbons (Fsp3) is 0.310. The third-order valence-electron chi connectivity index (χ3n) is 6.99. The number of aryl methyl sites for hydroxylation is 1. The van der Waals surface area contributed by atoms with Crippen LogP contribution in [0.5, 0.6) is 11.5 Å². The number of furan rings is 1. The number of ether oxygens (including phenoxy) is 2. The van der Waals surface area contributed by atoms with Crippen LogP contribution in [0, 0.1) is 6.92 Å². The quantitative estimate of drug-likeness (QED) is 0.281. The molecular formula is C29H30N2O6. The summed E-state index contributed by atoms with van der Waals surface area (Å²) in [5.41, 5.74) is 1.71. The van der Waals surface area contributed by atoms with E-state index in [4.69, 9.17) is 13.9 Å². The van der Waals surface area contributed by atoms with E-state index < -0.39 is 17.7 Å². The smallest absolute Gasteiger partial charge is 0.300 e. The molecule has 1 unspecified atom stereocenters. The lowest BCUT2D eigenvalue weighted by molar-refractivity contribution is -0.132. The number of hydrogen-bond acceptors (Lipinski definition) is 7. The van der Waals surface area contributed by atoms with Crippen molar-refractivity contribution in [1.82, 2.24) is 0 Å². The molecule has 0 aliphatic carbocycles. The van der Waals surface area contributed by atoms with Gasteiger partial charge in [-0.1, -0.05) is 6.07 Å². The average Bonchev–Trinajstić information content (AvgIpc) is 3.48. The Kier molecular flexibility index (Phi) is 6.65. The molecule has 0 bridgehead atoms. The molecule has 8 nitrogen and oxygen atoms in total. The molecule has 0 saturated carbocycles. The number of amides is 1. The van der Waals surface area contributed by atoms with Crippen molar-refractivity contribution in [2.75, 3.05) is 37.1 Å². The highest BCUT2D eigenvalue weighted by Gasteiger charge is 2.49. The van der Waals surface area contributed by atoms with Crippen molar-refractivity contribution in [2.45, 2.75) is 32.2 Å². The first-order chi connectivity index (χ1) is 17.9. The summed E-state index contributed by atoms with van der Waals surface area (Å²) in [7, 11) is 2.92. The SMILES string of the molecule is COc1cccc(OC)c1/C(O)=C1\C(=O)C(=O)N(c2ccc(N3CCCCC3)cc2)C1c1ccc(C)o1. The second-order valence-electron chi connectivity index (χ2n) is 9.22. The van der Waals surface area contributed by atoms with Crippen LogP contribution in [0.25, 0.3) is 5.76 Å². The minimum atomic E-state index is -0.968. The van der Waals surface area contributed by atoms with E-state index in [0.717, 1.165) is 31.6 Å². The summed E-state index contributed by atoms with van der Waals surface area (Å²) in [5, 5.41) is 11.5. The van der Waals surface area contributed by atoms with Gasteiger partial charge in [0.05, 0.1) is 19.8 Å². The maximum Gasteiger partial charge on any atom is 0.300 e. The Bertz CT molecular complexity index is 1330. The minimum Gasteiger partial charge on any atom is -0.506 e. The first kappa shape index (κ1) is 24.5. The summed E-state index contributed by atoms with van der Waals surface area (Å²) in [6.07, 6.45) is 3.54. The van der Waals surface area contributed by atoms with Gasteiger partial charge < -0.3 is 23.9 Å². The fourth-order valence-corrected chi connectivity index (χ4v) is 5.16. The molecule has 1 amide bonds. The van der Waals surface area contributed by atoms with Gasteiger partial charge >= 0.3 is 0 Å². The lowest BCUT2D eigenvalue weighted by Gasteiger charge is -2.29. The number of piperidine rings is 1. The Labute approximate surface area is 215 Å². The largest absolute Gasteiger partial charge is 0.506 e. The molecule has 2 saturated heterocycles. The summed E-state index contributed by atoms with van der Waals surface area (Å²) < 4.78 is 16.8. The predicted octanol–water partition coefficient (Wildman–Crippen LogP) is 5.22. The van der Waals surface area contributed by atoms with Gasteiger partial charge in [0, 0.05) is 24.5 Å². The first-order valence-corrected chi connectivity index (χ1v) is 12.4. The number of aliphatic hydroxyl groups excluding tert-OH is 1. The van der Waals surface area contributed by atoms with Crippen LogP contribution < -0.4 is 19.3 Å². The number of nitrogens with zero attached hydrogens (tertiary/aromatic N) is 2. The van der Waals surface area contributed by atoms with Gasteiger partial charge in [-0.25, -0.2) is 0 Å². The van der Waals surface area contributed by atoms with Crippen molar-refractivity contribution in [3.63, 3.8) is 0 Å².